The summed E-state index contributed by atoms with van der Waals surface area (Å²) in [5.41, 5.74) is 3.50. The molecule has 0 spiro atoms. The monoisotopic (exact) mass is 238 g/mol. The second-order valence-corrected chi connectivity index (χ2v) is 4.40. The van der Waals surface area contributed by atoms with E-state index < -0.39 is 0 Å². The van der Waals surface area contributed by atoms with Gasteiger partial charge in [0.15, 0.2) is 0 Å². The highest BCUT2D eigenvalue weighted by molar-refractivity contribution is 5.77. The smallest absolute Gasteiger partial charge is 0.315 e. The number of carbonyl (C=O) groups is 1. The van der Waals surface area contributed by atoms with Crippen LogP contribution in [-0.2, 0) is 0 Å². The molecule has 18 heavy (non-hydrogen) atoms. The predicted octanol–water partition coefficient (Wildman–Crippen LogP) is 2.71. The van der Waals surface area contributed by atoms with Gasteiger partial charge in [-0.3, -0.25) is 0 Å². The third-order valence-corrected chi connectivity index (χ3v) is 3.17. The Hall–Kier alpha value is -2.29. The fraction of sp³-hybridized carbons (Fsp3) is 0.133. The van der Waals surface area contributed by atoms with Crippen LogP contribution in [0.4, 0.5) is 4.79 Å². The standard InChI is InChI=1S/C15H14N2O/c18-15-16-10-14(17-15)13-8-4-7-12(9-13)11-5-2-1-3-6-11/h1-9,14H,10H2,(H2,16,17,18)/t14-/m1/s1. The molecule has 0 bridgehead atoms. The van der Waals surface area contributed by atoms with Crippen molar-refractivity contribution in [1.82, 2.24) is 10.6 Å². The summed E-state index contributed by atoms with van der Waals surface area (Å²) in [5.74, 6) is 0. The minimum absolute atomic E-state index is 0.0705. The second kappa shape index (κ2) is 4.53. The molecule has 3 nitrogen and oxygen atoms in total. The molecule has 3 rings (SSSR count). The molecule has 0 aliphatic carbocycles. The summed E-state index contributed by atoms with van der Waals surface area (Å²) in [6, 6.07) is 18.5. The van der Waals surface area contributed by atoms with Crippen molar-refractivity contribution in [2.24, 2.45) is 0 Å². The van der Waals surface area contributed by atoms with Crippen molar-refractivity contribution >= 4 is 6.03 Å². The van der Waals surface area contributed by atoms with Crippen LogP contribution in [0.5, 0.6) is 0 Å². The average molecular weight is 238 g/mol. The van der Waals surface area contributed by atoms with Crippen molar-refractivity contribution in [2.45, 2.75) is 6.04 Å². The first kappa shape index (κ1) is 10.8. The summed E-state index contributed by atoms with van der Waals surface area (Å²) in [6.45, 7) is 0.650. The van der Waals surface area contributed by atoms with Gasteiger partial charge in [-0.25, -0.2) is 4.79 Å². The maximum absolute atomic E-state index is 11.2. The zero-order valence-electron chi connectivity index (χ0n) is 9.89. The number of benzene rings is 2. The minimum atomic E-state index is -0.0925. The zero-order chi connectivity index (χ0) is 12.4. The van der Waals surface area contributed by atoms with E-state index in [-0.39, 0.29) is 12.1 Å². The molecule has 1 heterocycles. The lowest BCUT2D eigenvalue weighted by Crippen LogP contribution is -2.21. The predicted molar refractivity (Wildman–Crippen MR) is 71.2 cm³/mol. The van der Waals surface area contributed by atoms with Gasteiger partial charge < -0.3 is 10.6 Å². The first-order valence-corrected chi connectivity index (χ1v) is 6.03. The summed E-state index contributed by atoms with van der Waals surface area (Å²) >= 11 is 0. The van der Waals surface area contributed by atoms with Crippen molar-refractivity contribution in [3.05, 3.63) is 60.2 Å². The van der Waals surface area contributed by atoms with Crippen LogP contribution < -0.4 is 10.6 Å². The van der Waals surface area contributed by atoms with Crippen molar-refractivity contribution < 1.29 is 4.79 Å². The number of rotatable bonds is 2. The fourth-order valence-electron chi connectivity index (χ4n) is 2.22. The van der Waals surface area contributed by atoms with E-state index in [1.807, 2.05) is 30.3 Å². The van der Waals surface area contributed by atoms with Gasteiger partial charge in [-0.1, -0.05) is 48.5 Å². The molecule has 2 aromatic rings. The van der Waals surface area contributed by atoms with Gasteiger partial charge in [-0.05, 0) is 22.8 Å². The Balaban J connectivity index is 1.92. The Labute approximate surface area is 106 Å². The normalized spacial score (nSPS) is 18.2. The highest BCUT2D eigenvalue weighted by Crippen LogP contribution is 2.23. The molecule has 1 atom stereocenters. The van der Waals surface area contributed by atoms with E-state index in [0.29, 0.717) is 6.54 Å². The van der Waals surface area contributed by atoms with Gasteiger partial charge in [0, 0.05) is 6.54 Å². The topological polar surface area (TPSA) is 41.1 Å². The van der Waals surface area contributed by atoms with Gasteiger partial charge in [0.25, 0.3) is 0 Å². The zero-order valence-corrected chi connectivity index (χ0v) is 9.89. The lowest BCUT2D eigenvalue weighted by atomic mass is 10.00. The molecule has 0 unspecified atom stereocenters. The Kier molecular flexibility index (Phi) is 2.73. The number of hydrogen-bond donors (Lipinski definition) is 2. The largest absolute Gasteiger partial charge is 0.336 e. The van der Waals surface area contributed by atoms with Crippen molar-refractivity contribution in [3.8, 4) is 11.1 Å². The molecule has 3 heteroatoms. The Morgan fingerprint density at radius 1 is 0.944 bits per heavy atom. The Morgan fingerprint density at radius 2 is 1.72 bits per heavy atom. The highest BCUT2D eigenvalue weighted by atomic mass is 16.2. The average Bonchev–Trinajstić information content (AvgIpc) is 2.87. The highest BCUT2D eigenvalue weighted by Gasteiger charge is 2.21. The Bertz CT molecular complexity index is 566. The number of hydrogen-bond acceptors (Lipinski definition) is 1. The summed E-state index contributed by atoms with van der Waals surface area (Å²) in [4.78, 5) is 11.2. The summed E-state index contributed by atoms with van der Waals surface area (Å²) in [5, 5.41) is 5.68. The van der Waals surface area contributed by atoms with Crippen molar-refractivity contribution in [1.29, 1.82) is 0 Å². The molecule has 2 amide bonds. The maximum Gasteiger partial charge on any atom is 0.315 e. The van der Waals surface area contributed by atoms with E-state index in [1.54, 1.807) is 0 Å². The van der Waals surface area contributed by atoms with Gasteiger partial charge in [-0.2, -0.15) is 0 Å². The van der Waals surface area contributed by atoms with Crippen LogP contribution in [0.15, 0.2) is 54.6 Å². The van der Waals surface area contributed by atoms with Crippen molar-refractivity contribution in [3.63, 3.8) is 0 Å². The molecule has 0 saturated carbocycles. The molecule has 2 aromatic carbocycles. The SMILES string of the molecule is O=C1NC[C@H](c2cccc(-c3ccccc3)c2)N1. The fourth-order valence-corrected chi connectivity index (χ4v) is 2.22. The molecule has 1 aliphatic heterocycles. The molecule has 0 radical (unpaired) electrons. The summed E-state index contributed by atoms with van der Waals surface area (Å²) in [6.07, 6.45) is 0. The van der Waals surface area contributed by atoms with Crippen LogP contribution in [0.25, 0.3) is 11.1 Å². The van der Waals surface area contributed by atoms with Crippen LogP contribution in [0, 0.1) is 0 Å². The third kappa shape index (κ3) is 2.07. The number of carbonyl (C=O) groups excluding carboxylic acids is 1. The summed E-state index contributed by atoms with van der Waals surface area (Å²) in [7, 11) is 0. The molecule has 0 aromatic heterocycles. The van der Waals surface area contributed by atoms with Gasteiger partial charge in [-0.15, -0.1) is 0 Å². The van der Waals surface area contributed by atoms with Crippen LogP contribution >= 0.6 is 0 Å². The number of nitrogens with one attached hydrogen (secondary N) is 2. The molecule has 1 saturated heterocycles. The molecule has 90 valence electrons. The van der Waals surface area contributed by atoms with Crippen molar-refractivity contribution in [2.75, 3.05) is 6.54 Å². The lowest BCUT2D eigenvalue weighted by molar-refractivity contribution is 0.247. The first-order chi connectivity index (χ1) is 8.83. The van der Waals surface area contributed by atoms with Crippen LogP contribution in [0.2, 0.25) is 0 Å². The van der Waals surface area contributed by atoms with E-state index in [1.165, 1.54) is 11.1 Å². The van der Waals surface area contributed by atoms with Crippen LogP contribution in [-0.4, -0.2) is 12.6 Å². The molecular weight excluding hydrogens is 224 g/mol. The van der Waals surface area contributed by atoms with E-state index in [0.717, 1.165) is 5.56 Å². The van der Waals surface area contributed by atoms with Gasteiger partial charge in [0.2, 0.25) is 0 Å². The van der Waals surface area contributed by atoms with E-state index >= 15 is 0 Å². The maximum atomic E-state index is 11.2. The van der Waals surface area contributed by atoms with Crippen LogP contribution in [0.3, 0.4) is 0 Å². The second-order valence-electron chi connectivity index (χ2n) is 4.40. The molecule has 1 fully saturated rings. The first-order valence-electron chi connectivity index (χ1n) is 6.03. The Morgan fingerprint density at radius 3 is 2.44 bits per heavy atom. The number of amides is 2. The van der Waals surface area contributed by atoms with Gasteiger partial charge in [0.05, 0.1) is 6.04 Å². The number of urea groups is 1. The van der Waals surface area contributed by atoms with Gasteiger partial charge >= 0.3 is 6.03 Å². The van der Waals surface area contributed by atoms with Gasteiger partial charge in [0.1, 0.15) is 0 Å². The lowest BCUT2D eigenvalue weighted by Gasteiger charge is -2.10. The van der Waals surface area contributed by atoms with Crippen LogP contribution in [0.1, 0.15) is 11.6 Å². The van der Waals surface area contributed by atoms with E-state index in [4.69, 9.17) is 0 Å². The van der Waals surface area contributed by atoms with E-state index in [2.05, 4.69) is 34.9 Å². The quantitative estimate of drug-likeness (QED) is 0.829. The third-order valence-electron chi connectivity index (χ3n) is 3.17. The molecular formula is C15H14N2O. The molecule has 1 aliphatic rings. The van der Waals surface area contributed by atoms with E-state index in [9.17, 15) is 4.79 Å². The minimum Gasteiger partial charge on any atom is -0.336 e. The molecule has 2 N–H and O–H groups in total. The summed E-state index contributed by atoms with van der Waals surface area (Å²) < 4.78 is 0.